The summed E-state index contributed by atoms with van der Waals surface area (Å²) in [6.45, 7) is 0. The number of carbonyl (C=O) groups is 2. The fourth-order valence-electron chi connectivity index (χ4n) is 2.72. The van der Waals surface area contributed by atoms with Gasteiger partial charge in [-0.15, -0.1) is 0 Å². The van der Waals surface area contributed by atoms with E-state index < -0.39 is 55.7 Å². The summed E-state index contributed by atoms with van der Waals surface area (Å²) in [5.74, 6) is -4.03. The van der Waals surface area contributed by atoms with Crippen LogP contribution in [0.1, 0.15) is 26.3 Å². The molecule has 0 aliphatic heterocycles. The molecule has 0 aliphatic carbocycles. The Kier molecular flexibility index (Phi) is 6.86. The fourth-order valence-corrected chi connectivity index (χ4v) is 3.82. The first-order valence-corrected chi connectivity index (χ1v) is 10.7. The van der Waals surface area contributed by atoms with Gasteiger partial charge in [0, 0.05) is 22.9 Å². The molecular weight excluding hydrogens is 485 g/mol. The topological polar surface area (TPSA) is 104 Å². The maximum Gasteiger partial charge on any atom is 0.416 e. The zero-order valence-corrected chi connectivity index (χ0v) is 17.6. The second kappa shape index (κ2) is 9.47. The molecule has 0 atom stereocenters. The maximum atomic E-state index is 13.2. The van der Waals surface area contributed by atoms with Gasteiger partial charge >= 0.3 is 6.18 Å². The molecule has 0 saturated heterocycles. The molecule has 0 spiro atoms. The van der Waals surface area contributed by atoms with Gasteiger partial charge in [-0.25, -0.2) is 17.2 Å². The van der Waals surface area contributed by atoms with Gasteiger partial charge in [-0.1, -0.05) is 12.1 Å². The monoisotopic (exact) mass is 499 g/mol. The zero-order chi connectivity index (χ0) is 25.1. The van der Waals surface area contributed by atoms with Gasteiger partial charge in [-0.3, -0.25) is 25.2 Å². The van der Waals surface area contributed by atoms with Gasteiger partial charge in [0.25, 0.3) is 21.8 Å². The second-order valence-corrected chi connectivity index (χ2v) is 8.46. The number of alkyl halides is 3. The van der Waals surface area contributed by atoms with E-state index in [2.05, 4.69) is 0 Å². The van der Waals surface area contributed by atoms with E-state index in [1.165, 1.54) is 12.1 Å². The molecule has 0 aliphatic rings. The van der Waals surface area contributed by atoms with Gasteiger partial charge in [-0.05, 0) is 48.5 Å². The van der Waals surface area contributed by atoms with Crippen molar-refractivity contribution in [2.45, 2.75) is 11.1 Å². The smallest absolute Gasteiger partial charge is 0.280 e. The average Bonchev–Trinajstić information content (AvgIpc) is 2.76. The highest BCUT2D eigenvalue weighted by molar-refractivity contribution is 7.92. The fraction of sp³-hybridized carbons (Fsp3) is 0.0476. The van der Waals surface area contributed by atoms with Gasteiger partial charge in [0.15, 0.2) is 0 Å². The van der Waals surface area contributed by atoms with E-state index in [9.17, 15) is 40.0 Å². The minimum atomic E-state index is -4.68. The summed E-state index contributed by atoms with van der Waals surface area (Å²) in [6, 6.07) is 9.95. The summed E-state index contributed by atoms with van der Waals surface area (Å²) >= 11 is 0. The zero-order valence-electron chi connectivity index (χ0n) is 16.8. The Bertz CT molecular complexity index is 1340. The van der Waals surface area contributed by atoms with E-state index in [0.717, 1.165) is 42.5 Å². The molecule has 0 saturated carbocycles. The SMILES string of the molecule is O=C(NNC(=O)c1cccc(S(=O)(=O)Nc2cccc(C(F)(F)F)c2)c1)c1cc(F)cc(F)c1. The van der Waals surface area contributed by atoms with Crippen LogP contribution in [0.3, 0.4) is 0 Å². The summed E-state index contributed by atoms with van der Waals surface area (Å²) in [4.78, 5) is 23.8. The molecule has 13 heteroatoms. The number of anilines is 1. The molecule has 2 amide bonds. The van der Waals surface area contributed by atoms with Gasteiger partial charge < -0.3 is 0 Å². The van der Waals surface area contributed by atoms with Crippen LogP contribution >= 0.6 is 0 Å². The molecule has 0 heterocycles. The molecule has 7 nitrogen and oxygen atoms in total. The molecular formula is C21H14F5N3O4S. The third-order valence-electron chi connectivity index (χ3n) is 4.26. The Balaban J connectivity index is 1.73. The number of nitrogens with one attached hydrogen (secondary N) is 3. The molecule has 0 bridgehead atoms. The summed E-state index contributed by atoms with van der Waals surface area (Å²) in [7, 11) is -4.38. The predicted octanol–water partition coefficient (Wildman–Crippen LogP) is 3.86. The molecule has 0 unspecified atom stereocenters. The third kappa shape index (κ3) is 6.07. The van der Waals surface area contributed by atoms with Crippen LogP contribution in [0.4, 0.5) is 27.6 Å². The molecule has 3 N–H and O–H groups in total. The number of hydrogen-bond donors (Lipinski definition) is 3. The number of benzene rings is 3. The minimum absolute atomic E-state index is 0.238. The number of hydrazine groups is 1. The van der Waals surface area contributed by atoms with Crippen LogP contribution in [0, 0.1) is 11.6 Å². The van der Waals surface area contributed by atoms with E-state index in [-0.39, 0.29) is 11.3 Å². The lowest BCUT2D eigenvalue weighted by Crippen LogP contribution is -2.41. The van der Waals surface area contributed by atoms with Crippen LogP contribution in [0.25, 0.3) is 0 Å². The number of carbonyl (C=O) groups excluding carboxylic acids is 2. The molecule has 3 aromatic rings. The normalized spacial score (nSPS) is 11.6. The molecule has 3 aromatic carbocycles. The van der Waals surface area contributed by atoms with Crippen molar-refractivity contribution in [3.63, 3.8) is 0 Å². The summed E-state index contributed by atoms with van der Waals surface area (Å²) in [5.41, 5.74) is 1.83. The Labute approximate surface area is 189 Å². The van der Waals surface area contributed by atoms with E-state index >= 15 is 0 Å². The molecule has 0 fully saturated rings. The lowest BCUT2D eigenvalue weighted by molar-refractivity contribution is -0.137. The second-order valence-electron chi connectivity index (χ2n) is 6.78. The van der Waals surface area contributed by atoms with Gasteiger partial charge in [0.2, 0.25) is 0 Å². The number of sulfonamides is 1. The standard InChI is InChI=1S/C21H14F5N3O4S/c22-15-7-13(8-16(23)11-15)20(31)28-27-19(30)12-3-1-6-18(9-12)34(32,33)29-17-5-2-4-14(10-17)21(24,25)26/h1-11,29H,(H,27,30)(H,28,31). The summed E-state index contributed by atoms with van der Waals surface area (Å²) in [6.07, 6.45) is -4.68. The Morgan fingerprint density at radius 2 is 1.32 bits per heavy atom. The number of halogens is 5. The number of amides is 2. The van der Waals surface area contributed by atoms with Crippen molar-refractivity contribution in [1.82, 2.24) is 10.9 Å². The van der Waals surface area contributed by atoms with Gasteiger partial charge in [-0.2, -0.15) is 13.2 Å². The largest absolute Gasteiger partial charge is 0.416 e. The van der Waals surface area contributed by atoms with Crippen LogP contribution in [0.15, 0.2) is 71.6 Å². The van der Waals surface area contributed by atoms with Gasteiger partial charge in [0.05, 0.1) is 10.5 Å². The molecule has 0 radical (unpaired) electrons. The van der Waals surface area contributed by atoms with Crippen LogP contribution in [0.5, 0.6) is 0 Å². The quantitative estimate of drug-likeness (QED) is 0.366. The first-order chi connectivity index (χ1) is 15.8. The molecule has 178 valence electrons. The van der Waals surface area contributed by atoms with Crippen molar-refractivity contribution >= 4 is 27.5 Å². The van der Waals surface area contributed by atoms with E-state index in [1.807, 2.05) is 15.6 Å². The number of rotatable bonds is 5. The summed E-state index contributed by atoms with van der Waals surface area (Å²) in [5, 5.41) is 0. The first-order valence-electron chi connectivity index (χ1n) is 9.22. The Hall–Kier alpha value is -4.00. The van der Waals surface area contributed by atoms with E-state index in [0.29, 0.717) is 12.1 Å². The van der Waals surface area contributed by atoms with Crippen LogP contribution in [-0.4, -0.2) is 20.2 Å². The predicted molar refractivity (Wildman–Crippen MR) is 110 cm³/mol. The van der Waals surface area contributed by atoms with Crippen molar-refractivity contribution < 1.29 is 40.0 Å². The third-order valence-corrected chi connectivity index (χ3v) is 5.64. The molecule has 3 rings (SSSR count). The average molecular weight is 499 g/mol. The van der Waals surface area contributed by atoms with Crippen molar-refractivity contribution in [3.05, 3.63) is 95.1 Å². The molecule has 0 aromatic heterocycles. The first kappa shape index (κ1) is 24.6. The van der Waals surface area contributed by atoms with Crippen molar-refractivity contribution in [2.24, 2.45) is 0 Å². The Morgan fingerprint density at radius 1 is 0.735 bits per heavy atom. The van der Waals surface area contributed by atoms with Crippen LogP contribution in [-0.2, 0) is 16.2 Å². The van der Waals surface area contributed by atoms with Gasteiger partial charge in [0.1, 0.15) is 11.6 Å². The van der Waals surface area contributed by atoms with Crippen molar-refractivity contribution in [3.8, 4) is 0 Å². The summed E-state index contributed by atoms with van der Waals surface area (Å²) < 4.78 is 92.2. The highest BCUT2D eigenvalue weighted by atomic mass is 32.2. The maximum absolute atomic E-state index is 13.2. The van der Waals surface area contributed by atoms with Crippen LogP contribution < -0.4 is 15.6 Å². The lowest BCUT2D eigenvalue weighted by Gasteiger charge is -2.12. The molecule has 34 heavy (non-hydrogen) atoms. The van der Waals surface area contributed by atoms with E-state index in [1.54, 1.807) is 0 Å². The number of hydrogen-bond acceptors (Lipinski definition) is 4. The Morgan fingerprint density at radius 3 is 1.94 bits per heavy atom. The van der Waals surface area contributed by atoms with Crippen LogP contribution in [0.2, 0.25) is 0 Å². The van der Waals surface area contributed by atoms with E-state index in [4.69, 9.17) is 0 Å². The lowest BCUT2D eigenvalue weighted by atomic mass is 10.2. The minimum Gasteiger partial charge on any atom is -0.280 e. The van der Waals surface area contributed by atoms with Crippen molar-refractivity contribution in [1.29, 1.82) is 0 Å². The van der Waals surface area contributed by atoms with Crippen molar-refractivity contribution in [2.75, 3.05) is 4.72 Å². The highest BCUT2D eigenvalue weighted by Crippen LogP contribution is 2.31. The highest BCUT2D eigenvalue weighted by Gasteiger charge is 2.30.